The van der Waals surface area contributed by atoms with E-state index in [1.165, 1.54) is 24.0 Å². The van der Waals surface area contributed by atoms with Gasteiger partial charge in [0.25, 0.3) is 0 Å². The summed E-state index contributed by atoms with van der Waals surface area (Å²) in [6.45, 7) is 6.17. The van der Waals surface area contributed by atoms with Gasteiger partial charge in [-0.1, -0.05) is 36.9 Å². The van der Waals surface area contributed by atoms with Gasteiger partial charge in [-0.25, -0.2) is 0 Å². The molecule has 0 bridgehead atoms. The Labute approximate surface area is 85.8 Å². The van der Waals surface area contributed by atoms with Crippen LogP contribution >= 0.6 is 0 Å². The second kappa shape index (κ2) is 4.43. The van der Waals surface area contributed by atoms with E-state index in [1.807, 2.05) is 6.08 Å². The predicted molar refractivity (Wildman–Crippen MR) is 61.4 cm³/mol. The van der Waals surface area contributed by atoms with E-state index in [1.54, 1.807) is 0 Å². The van der Waals surface area contributed by atoms with Crippen molar-refractivity contribution in [1.29, 1.82) is 0 Å². The smallest absolute Gasteiger partial charge is 0.00431 e. The highest BCUT2D eigenvalue weighted by Gasteiger charge is 2.16. The van der Waals surface area contributed by atoms with Gasteiger partial charge in [0.2, 0.25) is 0 Å². The molecular formula is C13H17N. The van der Waals surface area contributed by atoms with Crippen molar-refractivity contribution in [3.63, 3.8) is 0 Å². The summed E-state index contributed by atoms with van der Waals surface area (Å²) < 4.78 is 0. The molecule has 1 saturated heterocycles. The summed E-state index contributed by atoms with van der Waals surface area (Å²) in [6, 6.07) is 8.61. The van der Waals surface area contributed by atoms with Crippen molar-refractivity contribution in [1.82, 2.24) is 5.32 Å². The summed E-state index contributed by atoms with van der Waals surface area (Å²) in [7, 11) is 0. The van der Waals surface area contributed by atoms with Gasteiger partial charge in [-0.2, -0.15) is 0 Å². The number of benzene rings is 1. The van der Waals surface area contributed by atoms with Gasteiger partial charge in [0.05, 0.1) is 0 Å². The van der Waals surface area contributed by atoms with Crippen LogP contribution < -0.4 is 5.32 Å². The van der Waals surface area contributed by atoms with Gasteiger partial charge in [-0.15, -0.1) is 0 Å². The highest BCUT2D eigenvalue weighted by molar-refractivity contribution is 5.52. The molecule has 0 unspecified atom stereocenters. The lowest BCUT2D eigenvalue weighted by molar-refractivity contribution is 0.460. The van der Waals surface area contributed by atoms with Gasteiger partial charge >= 0.3 is 0 Å². The molecule has 1 nitrogen and oxygen atoms in total. The minimum absolute atomic E-state index is 0.727. The Morgan fingerprint density at radius 1 is 1.21 bits per heavy atom. The van der Waals surface area contributed by atoms with Crippen LogP contribution in [0.5, 0.6) is 0 Å². The molecule has 0 spiro atoms. The van der Waals surface area contributed by atoms with Crippen LogP contribution in [0, 0.1) is 0 Å². The number of piperidine rings is 1. The van der Waals surface area contributed by atoms with E-state index in [2.05, 4.69) is 36.2 Å². The highest BCUT2D eigenvalue weighted by atomic mass is 14.9. The molecule has 0 amide bonds. The van der Waals surface area contributed by atoms with E-state index in [0.29, 0.717) is 0 Å². The molecule has 1 heteroatoms. The monoisotopic (exact) mass is 187 g/mol. The standard InChI is InChI=1S/C13H17N/c1-2-11-5-3-4-6-13(11)12-7-9-14-10-8-12/h2-6,12,14H,1,7-10H2. The molecule has 1 heterocycles. The van der Waals surface area contributed by atoms with Crippen LogP contribution in [0.2, 0.25) is 0 Å². The molecule has 2 rings (SSSR count). The maximum Gasteiger partial charge on any atom is -0.00431 e. The normalized spacial score (nSPS) is 18.0. The van der Waals surface area contributed by atoms with Crippen LogP contribution in [-0.4, -0.2) is 13.1 Å². The maximum atomic E-state index is 3.87. The SMILES string of the molecule is C=Cc1ccccc1C1CCNCC1. The summed E-state index contributed by atoms with van der Waals surface area (Å²) in [5, 5.41) is 3.40. The summed E-state index contributed by atoms with van der Waals surface area (Å²) >= 11 is 0. The fourth-order valence-electron chi connectivity index (χ4n) is 2.20. The minimum Gasteiger partial charge on any atom is -0.317 e. The van der Waals surface area contributed by atoms with Crippen molar-refractivity contribution in [2.24, 2.45) is 0 Å². The molecule has 1 aromatic carbocycles. The number of rotatable bonds is 2. The zero-order valence-corrected chi connectivity index (χ0v) is 8.50. The van der Waals surface area contributed by atoms with Gasteiger partial charge in [0, 0.05) is 0 Å². The molecule has 0 aromatic heterocycles. The fraction of sp³-hybridized carbons (Fsp3) is 0.385. The van der Waals surface area contributed by atoms with E-state index in [-0.39, 0.29) is 0 Å². The number of nitrogens with one attached hydrogen (secondary N) is 1. The van der Waals surface area contributed by atoms with Gasteiger partial charge in [-0.05, 0) is 43.0 Å². The summed E-state index contributed by atoms with van der Waals surface area (Å²) in [6.07, 6.45) is 4.48. The van der Waals surface area contributed by atoms with Gasteiger partial charge in [0.1, 0.15) is 0 Å². The Morgan fingerprint density at radius 3 is 2.64 bits per heavy atom. The zero-order chi connectivity index (χ0) is 9.80. The molecule has 1 N–H and O–H groups in total. The Hall–Kier alpha value is -1.08. The average molecular weight is 187 g/mol. The third-order valence-electron chi connectivity index (χ3n) is 2.99. The first-order valence-electron chi connectivity index (χ1n) is 5.34. The topological polar surface area (TPSA) is 12.0 Å². The average Bonchev–Trinajstić information content (AvgIpc) is 2.30. The Kier molecular flexibility index (Phi) is 3.00. The van der Waals surface area contributed by atoms with E-state index < -0.39 is 0 Å². The Balaban J connectivity index is 2.24. The van der Waals surface area contributed by atoms with Crippen molar-refractivity contribution in [2.75, 3.05) is 13.1 Å². The second-order valence-electron chi connectivity index (χ2n) is 3.86. The fourth-order valence-corrected chi connectivity index (χ4v) is 2.20. The van der Waals surface area contributed by atoms with Crippen molar-refractivity contribution in [3.05, 3.63) is 42.0 Å². The first-order valence-corrected chi connectivity index (χ1v) is 5.34. The van der Waals surface area contributed by atoms with Gasteiger partial charge < -0.3 is 5.32 Å². The summed E-state index contributed by atoms with van der Waals surface area (Å²) in [4.78, 5) is 0. The molecule has 1 fully saturated rings. The third kappa shape index (κ3) is 1.88. The van der Waals surface area contributed by atoms with Crippen LogP contribution in [0.1, 0.15) is 29.9 Å². The summed E-state index contributed by atoms with van der Waals surface area (Å²) in [5.74, 6) is 0.727. The lowest BCUT2D eigenvalue weighted by Crippen LogP contribution is -2.26. The number of hydrogen-bond acceptors (Lipinski definition) is 1. The second-order valence-corrected chi connectivity index (χ2v) is 3.86. The van der Waals surface area contributed by atoms with Crippen LogP contribution in [-0.2, 0) is 0 Å². The van der Waals surface area contributed by atoms with Crippen molar-refractivity contribution in [3.8, 4) is 0 Å². The first kappa shape index (κ1) is 9.47. The van der Waals surface area contributed by atoms with E-state index >= 15 is 0 Å². The molecule has 0 aliphatic carbocycles. The molecule has 1 aliphatic heterocycles. The third-order valence-corrected chi connectivity index (χ3v) is 2.99. The first-order chi connectivity index (χ1) is 6.92. The Morgan fingerprint density at radius 2 is 1.93 bits per heavy atom. The maximum absolute atomic E-state index is 3.87. The molecule has 0 radical (unpaired) electrons. The summed E-state index contributed by atoms with van der Waals surface area (Å²) in [5.41, 5.74) is 2.78. The molecule has 74 valence electrons. The van der Waals surface area contributed by atoms with Crippen molar-refractivity contribution >= 4 is 6.08 Å². The van der Waals surface area contributed by atoms with E-state index in [0.717, 1.165) is 19.0 Å². The largest absolute Gasteiger partial charge is 0.317 e. The lowest BCUT2D eigenvalue weighted by atomic mass is 9.87. The van der Waals surface area contributed by atoms with Gasteiger partial charge in [-0.3, -0.25) is 0 Å². The highest BCUT2D eigenvalue weighted by Crippen LogP contribution is 2.28. The zero-order valence-electron chi connectivity index (χ0n) is 8.50. The van der Waals surface area contributed by atoms with Crippen molar-refractivity contribution < 1.29 is 0 Å². The molecule has 0 saturated carbocycles. The van der Waals surface area contributed by atoms with Crippen molar-refractivity contribution in [2.45, 2.75) is 18.8 Å². The minimum atomic E-state index is 0.727. The molecule has 14 heavy (non-hydrogen) atoms. The lowest BCUT2D eigenvalue weighted by Gasteiger charge is -2.24. The van der Waals surface area contributed by atoms with Crippen LogP contribution in [0.15, 0.2) is 30.8 Å². The van der Waals surface area contributed by atoms with Gasteiger partial charge in [0.15, 0.2) is 0 Å². The molecule has 1 aromatic rings. The molecule has 1 aliphatic rings. The molecule has 0 atom stereocenters. The van der Waals surface area contributed by atoms with E-state index in [9.17, 15) is 0 Å². The van der Waals surface area contributed by atoms with Crippen LogP contribution in [0.25, 0.3) is 6.08 Å². The van der Waals surface area contributed by atoms with Crippen LogP contribution in [0.4, 0.5) is 0 Å². The predicted octanol–water partition coefficient (Wildman–Crippen LogP) is 2.80. The van der Waals surface area contributed by atoms with E-state index in [4.69, 9.17) is 0 Å². The van der Waals surface area contributed by atoms with Crippen LogP contribution in [0.3, 0.4) is 0 Å². The Bertz CT molecular complexity index is 311. The quantitative estimate of drug-likeness (QED) is 0.750. The molecular weight excluding hydrogens is 170 g/mol. The number of hydrogen-bond donors (Lipinski definition) is 1.